The molecule has 0 unspecified atom stereocenters. The summed E-state index contributed by atoms with van der Waals surface area (Å²) in [4.78, 5) is 6.54. The highest BCUT2D eigenvalue weighted by molar-refractivity contribution is 5.79. The van der Waals surface area contributed by atoms with Crippen molar-refractivity contribution in [3.8, 4) is 11.5 Å². The number of aromatic hydroxyl groups is 1. The van der Waals surface area contributed by atoms with E-state index in [-0.39, 0.29) is 5.75 Å². The van der Waals surface area contributed by atoms with Crippen molar-refractivity contribution in [3.63, 3.8) is 0 Å². The van der Waals surface area contributed by atoms with E-state index in [4.69, 9.17) is 4.74 Å². The van der Waals surface area contributed by atoms with Gasteiger partial charge in [-0.3, -0.25) is 0 Å². The van der Waals surface area contributed by atoms with Gasteiger partial charge in [-0.25, -0.2) is 9.38 Å². The number of guanidine groups is 1. The zero-order valence-corrected chi connectivity index (χ0v) is 14.8. The Kier molecular flexibility index (Phi) is 6.62. The largest absolute Gasteiger partial charge is 0.505 e. The van der Waals surface area contributed by atoms with Crippen LogP contribution in [0.4, 0.5) is 4.39 Å². The highest BCUT2D eigenvalue weighted by atomic mass is 19.1. The molecule has 2 rings (SSSR count). The van der Waals surface area contributed by atoms with E-state index >= 15 is 0 Å². The Hall–Kier alpha value is -2.76. The predicted octanol–water partition coefficient (Wildman–Crippen LogP) is 3.14. The van der Waals surface area contributed by atoms with Gasteiger partial charge in [-0.15, -0.1) is 0 Å². The molecule has 0 aliphatic carbocycles. The molecule has 5 nitrogen and oxygen atoms in total. The molecule has 2 N–H and O–H groups in total. The number of ether oxygens (including phenoxy) is 1. The van der Waals surface area contributed by atoms with Crippen LogP contribution in [-0.4, -0.2) is 36.7 Å². The van der Waals surface area contributed by atoms with Crippen LogP contribution in [0.3, 0.4) is 0 Å². The van der Waals surface area contributed by atoms with Gasteiger partial charge in [-0.1, -0.05) is 18.2 Å². The van der Waals surface area contributed by atoms with Gasteiger partial charge in [0.15, 0.2) is 17.5 Å². The van der Waals surface area contributed by atoms with Gasteiger partial charge in [0.05, 0.1) is 13.7 Å². The van der Waals surface area contributed by atoms with Gasteiger partial charge in [0, 0.05) is 20.1 Å². The van der Waals surface area contributed by atoms with Crippen molar-refractivity contribution in [2.24, 2.45) is 4.99 Å². The van der Waals surface area contributed by atoms with E-state index in [0.29, 0.717) is 18.7 Å². The summed E-state index contributed by atoms with van der Waals surface area (Å²) in [7, 11) is 3.59. The van der Waals surface area contributed by atoms with Crippen LogP contribution >= 0.6 is 0 Å². The Morgan fingerprint density at radius 1 is 1.20 bits per heavy atom. The summed E-state index contributed by atoms with van der Waals surface area (Å²) in [6.45, 7) is 3.74. The number of benzene rings is 2. The van der Waals surface area contributed by atoms with Crippen molar-refractivity contribution in [2.45, 2.75) is 20.0 Å². The summed E-state index contributed by atoms with van der Waals surface area (Å²) in [6.07, 6.45) is 0. The number of methoxy groups -OCH3 is 1. The number of phenolic OH excluding ortho intramolecular Hbond substituents is 1. The topological polar surface area (TPSA) is 57.1 Å². The molecule has 0 saturated heterocycles. The first kappa shape index (κ1) is 18.6. The predicted molar refractivity (Wildman–Crippen MR) is 97.3 cm³/mol. The maximum atomic E-state index is 13.4. The summed E-state index contributed by atoms with van der Waals surface area (Å²) >= 11 is 0. The van der Waals surface area contributed by atoms with Crippen molar-refractivity contribution < 1.29 is 14.2 Å². The van der Waals surface area contributed by atoms with Gasteiger partial charge in [0.1, 0.15) is 5.75 Å². The highest BCUT2D eigenvalue weighted by Gasteiger charge is 2.07. The van der Waals surface area contributed by atoms with E-state index in [1.807, 2.05) is 43.1 Å². The number of aliphatic imine (C=N–C) groups is 1. The van der Waals surface area contributed by atoms with Crippen molar-refractivity contribution in [1.29, 1.82) is 0 Å². The van der Waals surface area contributed by atoms with Crippen LogP contribution in [0, 0.1) is 5.82 Å². The molecule has 0 amide bonds. The molecule has 0 aromatic heterocycles. The third-order valence-electron chi connectivity index (χ3n) is 3.70. The summed E-state index contributed by atoms with van der Waals surface area (Å²) < 4.78 is 18.6. The molecule has 2 aromatic carbocycles. The highest BCUT2D eigenvalue weighted by Crippen LogP contribution is 2.17. The summed E-state index contributed by atoms with van der Waals surface area (Å²) in [6, 6.07) is 12.2. The fourth-order valence-electron chi connectivity index (χ4n) is 2.36. The number of nitrogens with one attached hydrogen (secondary N) is 1. The van der Waals surface area contributed by atoms with Gasteiger partial charge in [0.25, 0.3) is 0 Å². The monoisotopic (exact) mass is 345 g/mol. The third-order valence-corrected chi connectivity index (χ3v) is 3.70. The molecule has 25 heavy (non-hydrogen) atoms. The van der Waals surface area contributed by atoms with Crippen LogP contribution in [0.1, 0.15) is 18.1 Å². The molecular weight excluding hydrogens is 321 g/mol. The first-order valence-corrected chi connectivity index (χ1v) is 8.13. The lowest BCUT2D eigenvalue weighted by molar-refractivity contribution is 0.414. The molecule has 0 spiro atoms. The first-order valence-electron chi connectivity index (χ1n) is 8.13. The van der Waals surface area contributed by atoms with Crippen LogP contribution in [0.25, 0.3) is 0 Å². The van der Waals surface area contributed by atoms with Crippen molar-refractivity contribution in [3.05, 3.63) is 59.4 Å². The quantitative estimate of drug-likeness (QED) is 0.624. The van der Waals surface area contributed by atoms with Gasteiger partial charge in [-0.05, 0) is 42.3 Å². The number of nitrogens with zero attached hydrogens (tertiary/aromatic N) is 2. The van der Waals surface area contributed by atoms with E-state index in [0.717, 1.165) is 23.8 Å². The van der Waals surface area contributed by atoms with E-state index in [1.54, 1.807) is 13.2 Å². The smallest absolute Gasteiger partial charge is 0.194 e. The minimum atomic E-state index is -0.635. The second-order valence-corrected chi connectivity index (χ2v) is 5.66. The minimum Gasteiger partial charge on any atom is -0.505 e. The van der Waals surface area contributed by atoms with Crippen LogP contribution in [0.5, 0.6) is 11.5 Å². The zero-order chi connectivity index (χ0) is 18.2. The van der Waals surface area contributed by atoms with Crippen molar-refractivity contribution in [2.75, 3.05) is 20.7 Å². The van der Waals surface area contributed by atoms with Crippen molar-refractivity contribution in [1.82, 2.24) is 10.2 Å². The second kappa shape index (κ2) is 8.92. The van der Waals surface area contributed by atoms with E-state index in [9.17, 15) is 9.50 Å². The molecule has 0 fully saturated rings. The van der Waals surface area contributed by atoms with Gasteiger partial charge in [-0.2, -0.15) is 0 Å². The van der Waals surface area contributed by atoms with Crippen LogP contribution in [0.2, 0.25) is 0 Å². The third kappa shape index (κ3) is 5.38. The molecule has 0 aliphatic rings. The summed E-state index contributed by atoms with van der Waals surface area (Å²) in [5.74, 6) is 0.564. The Morgan fingerprint density at radius 2 is 1.88 bits per heavy atom. The molecular formula is C19H24FN3O2. The Balaban J connectivity index is 2.07. The van der Waals surface area contributed by atoms with Crippen LogP contribution < -0.4 is 10.1 Å². The van der Waals surface area contributed by atoms with E-state index < -0.39 is 5.82 Å². The van der Waals surface area contributed by atoms with Crippen LogP contribution in [0.15, 0.2) is 47.5 Å². The molecule has 6 heteroatoms. The average Bonchev–Trinajstić information content (AvgIpc) is 2.62. The Morgan fingerprint density at radius 3 is 2.48 bits per heavy atom. The van der Waals surface area contributed by atoms with Gasteiger partial charge < -0.3 is 20.1 Å². The molecule has 134 valence electrons. The number of phenols is 1. The lowest BCUT2D eigenvalue weighted by Gasteiger charge is -2.22. The number of rotatable bonds is 6. The molecule has 0 bridgehead atoms. The number of halogens is 1. The number of hydrogen-bond donors (Lipinski definition) is 2. The number of hydrogen-bond acceptors (Lipinski definition) is 3. The second-order valence-electron chi connectivity index (χ2n) is 5.66. The fraction of sp³-hybridized carbons (Fsp3) is 0.316. The molecule has 0 saturated carbocycles. The fourth-order valence-corrected chi connectivity index (χ4v) is 2.36. The maximum Gasteiger partial charge on any atom is 0.194 e. The molecule has 0 aliphatic heterocycles. The van der Waals surface area contributed by atoms with Gasteiger partial charge >= 0.3 is 0 Å². The lowest BCUT2D eigenvalue weighted by Crippen LogP contribution is -2.38. The Bertz CT molecular complexity index is 717. The van der Waals surface area contributed by atoms with E-state index in [2.05, 4.69) is 10.3 Å². The molecule has 0 radical (unpaired) electrons. The first-order chi connectivity index (χ1) is 12.0. The molecule has 0 atom stereocenters. The Labute approximate surface area is 147 Å². The lowest BCUT2D eigenvalue weighted by atomic mass is 10.2. The van der Waals surface area contributed by atoms with Crippen molar-refractivity contribution >= 4 is 5.96 Å². The molecule has 0 heterocycles. The zero-order valence-electron chi connectivity index (χ0n) is 14.8. The maximum absolute atomic E-state index is 13.4. The average molecular weight is 345 g/mol. The van der Waals surface area contributed by atoms with Gasteiger partial charge in [0.2, 0.25) is 0 Å². The summed E-state index contributed by atoms with van der Waals surface area (Å²) in [5.41, 5.74) is 1.83. The SMILES string of the molecule is CCNC(=NCc1ccc(O)c(F)c1)N(C)Cc1ccc(OC)cc1. The summed E-state index contributed by atoms with van der Waals surface area (Å²) in [5, 5.41) is 12.5. The van der Waals surface area contributed by atoms with Crippen LogP contribution in [-0.2, 0) is 13.1 Å². The normalized spacial score (nSPS) is 11.3. The molecule has 2 aromatic rings. The standard InChI is InChI=1S/C19H24FN3O2/c1-4-21-19(22-12-15-7-10-18(24)17(20)11-15)23(2)13-14-5-8-16(25-3)9-6-14/h5-11,24H,4,12-13H2,1-3H3,(H,21,22). The minimum absolute atomic E-state index is 0.326. The van der Waals surface area contributed by atoms with E-state index in [1.165, 1.54) is 12.1 Å².